The van der Waals surface area contributed by atoms with Crippen LogP contribution >= 0.6 is 0 Å². The van der Waals surface area contributed by atoms with Crippen molar-refractivity contribution in [2.75, 3.05) is 27.4 Å². The van der Waals surface area contributed by atoms with E-state index in [4.69, 9.17) is 18.9 Å². The van der Waals surface area contributed by atoms with E-state index in [1.807, 2.05) is 6.07 Å². The summed E-state index contributed by atoms with van der Waals surface area (Å²) >= 11 is 0. The van der Waals surface area contributed by atoms with Gasteiger partial charge in [0.25, 0.3) is 0 Å². The van der Waals surface area contributed by atoms with Crippen molar-refractivity contribution in [3.8, 4) is 17.2 Å². The van der Waals surface area contributed by atoms with Crippen molar-refractivity contribution in [2.45, 2.75) is 19.3 Å². The van der Waals surface area contributed by atoms with Crippen LogP contribution in [0.15, 0.2) is 12.1 Å². The summed E-state index contributed by atoms with van der Waals surface area (Å²) in [7, 11) is 3.16. The van der Waals surface area contributed by atoms with Gasteiger partial charge in [0.1, 0.15) is 5.75 Å². The van der Waals surface area contributed by atoms with Crippen LogP contribution in [0, 0.1) is 0 Å². The Morgan fingerprint density at radius 1 is 1.32 bits per heavy atom. The molecular weight excluding hydrogens is 248 g/mol. The molecule has 1 heterocycles. The van der Waals surface area contributed by atoms with E-state index >= 15 is 0 Å². The van der Waals surface area contributed by atoms with Gasteiger partial charge in [-0.25, -0.2) is 0 Å². The van der Waals surface area contributed by atoms with Crippen molar-refractivity contribution < 1.29 is 23.7 Å². The number of fused-ring (bicyclic) bond motifs is 1. The van der Waals surface area contributed by atoms with Gasteiger partial charge in [-0.2, -0.15) is 0 Å². The second-order valence-corrected chi connectivity index (χ2v) is 4.26. The molecule has 1 aliphatic heterocycles. The molecule has 0 aliphatic carbocycles. The first-order valence-electron chi connectivity index (χ1n) is 6.24. The van der Waals surface area contributed by atoms with Gasteiger partial charge in [-0.05, 0) is 13.0 Å². The van der Waals surface area contributed by atoms with Crippen LogP contribution in [0.25, 0.3) is 0 Å². The fourth-order valence-corrected chi connectivity index (χ4v) is 2.19. The lowest BCUT2D eigenvalue weighted by atomic mass is 9.97. The summed E-state index contributed by atoms with van der Waals surface area (Å²) in [6, 6.07) is 3.66. The van der Waals surface area contributed by atoms with Crippen molar-refractivity contribution in [1.29, 1.82) is 0 Å². The van der Waals surface area contributed by atoms with E-state index in [1.54, 1.807) is 27.2 Å². The maximum Gasteiger partial charge on any atom is 0.306 e. The zero-order chi connectivity index (χ0) is 13.8. The summed E-state index contributed by atoms with van der Waals surface area (Å²) in [4.78, 5) is 11.6. The number of hydrogen-bond acceptors (Lipinski definition) is 5. The molecule has 1 aliphatic rings. The van der Waals surface area contributed by atoms with E-state index in [2.05, 4.69) is 0 Å². The highest BCUT2D eigenvalue weighted by Gasteiger charge is 2.29. The first-order valence-corrected chi connectivity index (χ1v) is 6.24. The molecule has 0 spiro atoms. The molecular formula is C14H18O5. The predicted octanol–water partition coefficient (Wildman–Crippen LogP) is 2.13. The Morgan fingerprint density at radius 2 is 2.00 bits per heavy atom. The Morgan fingerprint density at radius 3 is 2.63 bits per heavy atom. The molecule has 0 aromatic heterocycles. The summed E-state index contributed by atoms with van der Waals surface area (Å²) in [6.07, 6.45) is 0.316. The van der Waals surface area contributed by atoms with Crippen molar-refractivity contribution in [3.05, 3.63) is 17.7 Å². The molecule has 1 unspecified atom stereocenters. The highest BCUT2D eigenvalue weighted by atomic mass is 16.5. The quantitative estimate of drug-likeness (QED) is 0.764. The highest BCUT2D eigenvalue weighted by molar-refractivity contribution is 5.71. The van der Waals surface area contributed by atoms with Crippen molar-refractivity contribution in [2.24, 2.45) is 0 Å². The van der Waals surface area contributed by atoms with Crippen LogP contribution in [0.5, 0.6) is 17.2 Å². The first-order chi connectivity index (χ1) is 9.19. The molecule has 0 fully saturated rings. The van der Waals surface area contributed by atoms with Gasteiger partial charge in [-0.3, -0.25) is 4.79 Å². The number of esters is 1. The normalized spacial score (nSPS) is 16.5. The van der Waals surface area contributed by atoms with Crippen LogP contribution in [-0.2, 0) is 9.53 Å². The Labute approximate surface area is 112 Å². The van der Waals surface area contributed by atoms with Crippen molar-refractivity contribution >= 4 is 5.97 Å². The number of benzene rings is 1. The smallest absolute Gasteiger partial charge is 0.306 e. The lowest BCUT2D eigenvalue weighted by molar-refractivity contribution is -0.143. The van der Waals surface area contributed by atoms with Crippen LogP contribution in [0.3, 0.4) is 0 Å². The minimum Gasteiger partial charge on any atom is -0.493 e. The molecule has 1 atom stereocenters. The largest absolute Gasteiger partial charge is 0.493 e. The Kier molecular flexibility index (Phi) is 4.14. The van der Waals surface area contributed by atoms with Gasteiger partial charge in [0.15, 0.2) is 11.5 Å². The molecule has 5 heteroatoms. The number of methoxy groups -OCH3 is 2. The van der Waals surface area contributed by atoms with Crippen LogP contribution in [0.4, 0.5) is 0 Å². The number of ether oxygens (including phenoxy) is 4. The number of hydrogen-bond donors (Lipinski definition) is 0. The minimum atomic E-state index is -0.210. The van der Waals surface area contributed by atoms with Crippen molar-refractivity contribution in [3.63, 3.8) is 0 Å². The van der Waals surface area contributed by atoms with Crippen LogP contribution in [-0.4, -0.2) is 33.4 Å². The summed E-state index contributed by atoms with van der Waals surface area (Å²) in [6.45, 7) is 2.67. The Balaban J connectivity index is 2.21. The molecule has 0 bridgehead atoms. The molecule has 19 heavy (non-hydrogen) atoms. The van der Waals surface area contributed by atoms with Gasteiger partial charge in [-0.1, -0.05) is 0 Å². The van der Waals surface area contributed by atoms with Gasteiger partial charge < -0.3 is 18.9 Å². The molecule has 104 valence electrons. The van der Waals surface area contributed by atoms with Crippen LogP contribution < -0.4 is 14.2 Å². The molecule has 1 aromatic rings. The zero-order valence-corrected chi connectivity index (χ0v) is 11.4. The maximum absolute atomic E-state index is 11.6. The van der Waals surface area contributed by atoms with Crippen LogP contribution in [0.1, 0.15) is 24.8 Å². The summed E-state index contributed by atoms with van der Waals surface area (Å²) in [5.74, 6) is 1.80. The van der Waals surface area contributed by atoms with Crippen molar-refractivity contribution in [1.82, 2.24) is 0 Å². The minimum absolute atomic E-state index is 0.00820. The van der Waals surface area contributed by atoms with E-state index in [0.717, 1.165) is 11.3 Å². The SMILES string of the molecule is CCOC(=O)CC1COc2cc(OC)c(OC)cc21. The fraction of sp³-hybridized carbons (Fsp3) is 0.500. The molecule has 0 saturated heterocycles. The lowest BCUT2D eigenvalue weighted by Crippen LogP contribution is -2.11. The van der Waals surface area contributed by atoms with Gasteiger partial charge in [0, 0.05) is 17.5 Å². The lowest BCUT2D eigenvalue weighted by Gasteiger charge is -2.11. The molecule has 0 amide bonds. The third-order valence-electron chi connectivity index (χ3n) is 3.11. The zero-order valence-electron chi connectivity index (χ0n) is 11.4. The third kappa shape index (κ3) is 2.75. The Bertz CT molecular complexity index is 469. The molecule has 0 saturated carbocycles. The monoisotopic (exact) mass is 266 g/mol. The van der Waals surface area contributed by atoms with E-state index < -0.39 is 0 Å². The number of rotatable bonds is 5. The third-order valence-corrected chi connectivity index (χ3v) is 3.11. The van der Waals surface area contributed by atoms with Gasteiger partial charge in [-0.15, -0.1) is 0 Å². The summed E-state index contributed by atoms with van der Waals surface area (Å²) < 4.78 is 21.0. The second kappa shape index (κ2) is 5.82. The van der Waals surface area contributed by atoms with E-state index in [1.165, 1.54) is 0 Å². The molecule has 1 aromatic carbocycles. The summed E-state index contributed by atoms with van der Waals surface area (Å²) in [5.41, 5.74) is 0.964. The van der Waals surface area contributed by atoms with E-state index in [0.29, 0.717) is 31.1 Å². The van der Waals surface area contributed by atoms with Crippen LogP contribution in [0.2, 0.25) is 0 Å². The van der Waals surface area contributed by atoms with Gasteiger partial charge in [0.2, 0.25) is 0 Å². The predicted molar refractivity (Wildman–Crippen MR) is 69.0 cm³/mol. The molecule has 2 rings (SSSR count). The standard InChI is InChI=1S/C14H18O5/c1-4-18-14(15)5-9-8-19-11-7-13(17-3)12(16-2)6-10(9)11/h6-7,9H,4-5,8H2,1-3H3. The molecule has 0 N–H and O–H groups in total. The van der Waals surface area contributed by atoms with Gasteiger partial charge >= 0.3 is 5.97 Å². The Hall–Kier alpha value is -1.91. The van der Waals surface area contributed by atoms with E-state index in [-0.39, 0.29) is 11.9 Å². The van der Waals surface area contributed by atoms with Gasteiger partial charge in [0.05, 0.1) is 33.9 Å². The molecule has 5 nitrogen and oxygen atoms in total. The summed E-state index contributed by atoms with van der Waals surface area (Å²) in [5, 5.41) is 0. The highest BCUT2D eigenvalue weighted by Crippen LogP contribution is 2.43. The first kappa shape index (κ1) is 13.5. The fourth-order valence-electron chi connectivity index (χ4n) is 2.19. The van der Waals surface area contributed by atoms with E-state index in [9.17, 15) is 4.79 Å². The maximum atomic E-state index is 11.6. The molecule has 0 radical (unpaired) electrons. The number of carbonyl (C=O) groups is 1. The average Bonchev–Trinajstić information content (AvgIpc) is 2.79. The average molecular weight is 266 g/mol. The topological polar surface area (TPSA) is 54.0 Å². The second-order valence-electron chi connectivity index (χ2n) is 4.26. The number of carbonyl (C=O) groups excluding carboxylic acids is 1.